The first-order valence-corrected chi connectivity index (χ1v) is 7.23. The fourth-order valence-electron chi connectivity index (χ4n) is 2.49. The highest BCUT2D eigenvalue weighted by Crippen LogP contribution is 2.19. The van der Waals surface area contributed by atoms with E-state index >= 15 is 0 Å². The highest BCUT2D eigenvalue weighted by Gasteiger charge is 2.10. The molecule has 0 amide bonds. The standard InChI is InChI=1S/C19H15N3O/c20-12-16-8-11-18(15-4-2-1-3-5-15)22(19(16)23)13-14-6-9-17(21)10-7-14/h1-11H,13,21H2. The molecule has 0 aliphatic rings. The summed E-state index contributed by atoms with van der Waals surface area (Å²) in [6, 6.07) is 22.4. The summed E-state index contributed by atoms with van der Waals surface area (Å²) in [5, 5.41) is 9.13. The first-order valence-electron chi connectivity index (χ1n) is 7.23. The van der Waals surface area contributed by atoms with Crippen LogP contribution in [0, 0.1) is 11.3 Å². The molecule has 1 heterocycles. The van der Waals surface area contributed by atoms with E-state index in [0.29, 0.717) is 12.2 Å². The Balaban J connectivity index is 2.14. The van der Waals surface area contributed by atoms with Gasteiger partial charge in [-0.05, 0) is 35.4 Å². The molecule has 1 aromatic heterocycles. The molecule has 112 valence electrons. The van der Waals surface area contributed by atoms with Crippen molar-refractivity contribution in [1.82, 2.24) is 4.57 Å². The maximum Gasteiger partial charge on any atom is 0.269 e. The number of rotatable bonds is 3. The van der Waals surface area contributed by atoms with Crippen LogP contribution in [0.2, 0.25) is 0 Å². The van der Waals surface area contributed by atoms with E-state index in [1.54, 1.807) is 22.8 Å². The van der Waals surface area contributed by atoms with Gasteiger partial charge in [-0.3, -0.25) is 4.79 Å². The Morgan fingerprint density at radius 1 is 0.957 bits per heavy atom. The number of benzene rings is 2. The highest BCUT2D eigenvalue weighted by molar-refractivity contribution is 5.60. The molecule has 3 rings (SSSR count). The molecule has 4 heteroatoms. The summed E-state index contributed by atoms with van der Waals surface area (Å²) in [5.41, 5.74) is 8.90. The maximum atomic E-state index is 12.6. The molecule has 0 aliphatic carbocycles. The van der Waals surface area contributed by atoms with Crippen LogP contribution in [-0.4, -0.2) is 4.57 Å². The molecule has 0 atom stereocenters. The molecule has 0 saturated heterocycles. The van der Waals surface area contributed by atoms with E-state index in [9.17, 15) is 4.79 Å². The minimum absolute atomic E-state index is 0.139. The second kappa shape index (κ2) is 6.20. The molecule has 0 saturated carbocycles. The largest absolute Gasteiger partial charge is 0.399 e. The Labute approximate surface area is 134 Å². The number of aromatic nitrogens is 1. The number of nitrogens with two attached hydrogens (primary N) is 1. The molecule has 0 radical (unpaired) electrons. The topological polar surface area (TPSA) is 71.8 Å². The Kier molecular flexibility index (Phi) is 3.94. The van der Waals surface area contributed by atoms with Gasteiger partial charge < -0.3 is 10.3 Å². The Bertz CT molecular complexity index is 920. The Morgan fingerprint density at radius 2 is 1.65 bits per heavy atom. The van der Waals surface area contributed by atoms with Crippen molar-refractivity contribution in [2.24, 2.45) is 0 Å². The third kappa shape index (κ3) is 2.99. The lowest BCUT2D eigenvalue weighted by atomic mass is 10.1. The van der Waals surface area contributed by atoms with Crippen LogP contribution in [0.3, 0.4) is 0 Å². The summed E-state index contributed by atoms with van der Waals surface area (Å²) < 4.78 is 1.62. The van der Waals surface area contributed by atoms with Gasteiger partial charge in [-0.2, -0.15) is 5.26 Å². The predicted octanol–water partition coefficient (Wildman–Crippen LogP) is 3.02. The zero-order chi connectivity index (χ0) is 16.2. The monoisotopic (exact) mass is 301 g/mol. The fourth-order valence-corrected chi connectivity index (χ4v) is 2.49. The number of nitrogens with zero attached hydrogens (tertiary/aromatic N) is 2. The molecule has 4 nitrogen and oxygen atoms in total. The second-order valence-corrected chi connectivity index (χ2v) is 5.24. The molecular weight excluding hydrogens is 286 g/mol. The smallest absolute Gasteiger partial charge is 0.269 e. The number of nitriles is 1. The Morgan fingerprint density at radius 3 is 2.30 bits per heavy atom. The number of nitrogen functional groups attached to an aromatic ring is 1. The SMILES string of the molecule is N#Cc1ccc(-c2ccccc2)n(Cc2ccc(N)cc2)c1=O. The van der Waals surface area contributed by atoms with Crippen LogP contribution < -0.4 is 11.3 Å². The Hall–Kier alpha value is -3.32. The van der Waals surface area contributed by atoms with Crippen molar-refractivity contribution < 1.29 is 0 Å². The lowest BCUT2D eigenvalue weighted by Crippen LogP contribution is -2.24. The summed E-state index contributed by atoms with van der Waals surface area (Å²) in [6.45, 7) is 0.388. The van der Waals surface area contributed by atoms with Gasteiger partial charge in [0.25, 0.3) is 5.56 Å². The number of anilines is 1. The van der Waals surface area contributed by atoms with E-state index in [1.807, 2.05) is 54.6 Å². The molecule has 3 aromatic rings. The molecule has 23 heavy (non-hydrogen) atoms. The van der Waals surface area contributed by atoms with Crippen molar-refractivity contribution in [3.05, 3.63) is 88.2 Å². The number of pyridine rings is 1. The molecule has 2 aromatic carbocycles. The minimum atomic E-state index is -0.286. The second-order valence-electron chi connectivity index (χ2n) is 5.24. The van der Waals surface area contributed by atoms with Crippen LogP contribution in [0.4, 0.5) is 5.69 Å². The molecule has 0 aliphatic heterocycles. The van der Waals surface area contributed by atoms with Gasteiger partial charge in [-0.15, -0.1) is 0 Å². The number of hydrogen-bond donors (Lipinski definition) is 1. The van der Waals surface area contributed by atoms with Crippen molar-refractivity contribution in [3.8, 4) is 17.3 Å². The van der Waals surface area contributed by atoms with E-state index in [2.05, 4.69) is 0 Å². The normalized spacial score (nSPS) is 10.2. The third-order valence-corrected chi connectivity index (χ3v) is 3.68. The first kappa shape index (κ1) is 14.6. The first-order chi connectivity index (χ1) is 11.2. The van der Waals surface area contributed by atoms with Crippen molar-refractivity contribution in [1.29, 1.82) is 5.26 Å². The van der Waals surface area contributed by atoms with Gasteiger partial charge in [0.2, 0.25) is 0 Å². The highest BCUT2D eigenvalue weighted by atomic mass is 16.1. The predicted molar refractivity (Wildman–Crippen MR) is 90.8 cm³/mol. The zero-order valence-electron chi connectivity index (χ0n) is 12.4. The van der Waals surface area contributed by atoms with Crippen LogP contribution >= 0.6 is 0 Å². The van der Waals surface area contributed by atoms with Gasteiger partial charge in [0.05, 0.1) is 12.2 Å². The summed E-state index contributed by atoms with van der Waals surface area (Å²) in [4.78, 5) is 12.6. The summed E-state index contributed by atoms with van der Waals surface area (Å²) in [7, 11) is 0. The van der Waals surface area contributed by atoms with Crippen LogP contribution in [0.1, 0.15) is 11.1 Å². The fraction of sp³-hybridized carbons (Fsp3) is 0.0526. The minimum Gasteiger partial charge on any atom is -0.399 e. The third-order valence-electron chi connectivity index (χ3n) is 3.68. The van der Waals surface area contributed by atoms with Crippen LogP contribution in [0.5, 0.6) is 0 Å². The van der Waals surface area contributed by atoms with Gasteiger partial charge in [0.15, 0.2) is 0 Å². The summed E-state index contributed by atoms with van der Waals surface area (Å²) in [5.74, 6) is 0. The van der Waals surface area contributed by atoms with Crippen LogP contribution in [-0.2, 0) is 6.54 Å². The van der Waals surface area contributed by atoms with E-state index in [1.165, 1.54) is 0 Å². The van der Waals surface area contributed by atoms with Gasteiger partial charge in [-0.1, -0.05) is 42.5 Å². The average Bonchev–Trinajstić information content (AvgIpc) is 2.59. The average molecular weight is 301 g/mol. The van der Waals surface area contributed by atoms with Crippen molar-refractivity contribution >= 4 is 5.69 Å². The van der Waals surface area contributed by atoms with Gasteiger partial charge in [-0.25, -0.2) is 0 Å². The molecule has 0 spiro atoms. The lowest BCUT2D eigenvalue weighted by Gasteiger charge is -2.14. The summed E-state index contributed by atoms with van der Waals surface area (Å²) >= 11 is 0. The van der Waals surface area contributed by atoms with Gasteiger partial charge >= 0.3 is 0 Å². The maximum absolute atomic E-state index is 12.6. The van der Waals surface area contributed by atoms with Crippen LogP contribution in [0.15, 0.2) is 71.5 Å². The quantitative estimate of drug-likeness (QED) is 0.756. The van der Waals surface area contributed by atoms with Gasteiger partial charge in [0, 0.05) is 5.69 Å². The van der Waals surface area contributed by atoms with E-state index in [0.717, 1.165) is 16.8 Å². The number of hydrogen-bond acceptors (Lipinski definition) is 3. The van der Waals surface area contributed by atoms with E-state index in [-0.39, 0.29) is 11.1 Å². The van der Waals surface area contributed by atoms with Crippen LogP contribution in [0.25, 0.3) is 11.3 Å². The van der Waals surface area contributed by atoms with E-state index < -0.39 is 0 Å². The molecule has 0 unspecified atom stereocenters. The molecular formula is C19H15N3O. The lowest BCUT2D eigenvalue weighted by molar-refractivity contribution is 0.766. The molecule has 0 fully saturated rings. The molecule has 2 N–H and O–H groups in total. The summed E-state index contributed by atoms with van der Waals surface area (Å²) in [6.07, 6.45) is 0. The molecule has 0 bridgehead atoms. The van der Waals surface area contributed by atoms with E-state index in [4.69, 9.17) is 11.0 Å². The van der Waals surface area contributed by atoms with Crippen molar-refractivity contribution in [2.45, 2.75) is 6.54 Å². The van der Waals surface area contributed by atoms with Crippen molar-refractivity contribution in [3.63, 3.8) is 0 Å². The van der Waals surface area contributed by atoms with Crippen molar-refractivity contribution in [2.75, 3.05) is 5.73 Å². The van der Waals surface area contributed by atoms with Gasteiger partial charge in [0.1, 0.15) is 11.6 Å². The zero-order valence-corrected chi connectivity index (χ0v) is 12.4.